The maximum atomic E-state index is 5.70. The third kappa shape index (κ3) is 3.64. The molecule has 0 bridgehead atoms. The summed E-state index contributed by atoms with van der Waals surface area (Å²) in [5.41, 5.74) is 2.16. The molecule has 6 nitrogen and oxygen atoms in total. The maximum Gasteiger partial charge on any atom is 0.163 e. The monoisotopic (exact) mass is 337 g/mol. The zero-order valence-electron chi connectivity index (χ0n) is 14.5. The first-order valence-corrected chi connectivity index (χ1v) is 8.87. The number of rotatable bonds is 6. The van der Waals surface area contributed by atoms with Crippen molar-refractivity contribution in [2.45, 2.75) is 31.8 Å². The van der Waals surface area contributed by atoms with Crippen LogP contribution < -0.4 is 5.32 Å². The molecule has 0 spiro atoms. The van der Waals surface area contributed by atoms with Crippen molar-refractivity contribution in [2.24, 2.45) is 7.05 Å². The molecule has 1 atom stereocenters. The molecule has 6 heteroatoms. The molecule has 1 fully saturated rings. The van der Waals surface area contributed by atoms with Crippen molar-refractivity contribution in [3.05, 3.63) is 47.9 Å². The van der Waals surface area contributed by atoms with Gasteiger partial charge in [0.25, 0.3) is 0 Å². The van der Waals surface area contributed by atoms with Crippen molar-refractivity contribution in [1.82, 2.24) is 19.7 Å². The summed E-state index contributed by atoms with van der Waals surface area (Å²) in [5, 5.41) is 8.75. The van der Waals surface area contributed by atoms with Crippen LogP contribution in [0.4, 0.5) is 5.82 Å². The van der Waals surface area contributed by atoms with E-state index in [4.69, 9.17) is 14.7 Å². The molecule has 0 amide bonds. The van der Waals surface area contributed by atoms with Crippen molar-refractivity contribution in [1.29, 1.82) is 0 Å². The van der Waals surface area contributed by atoms with Crippen LogP contribution >= 0.6 is 0 Å². The van der Waals surface area contributed by atoms with E-state index >= 15 is 0 Å². The van der Waals surface area contributed by atoms with Crippen LogP contribution in [0.25, 0.3) is 11.0 Å². The van der Waals surface area contributed by atoms with Crippen molar-refractivity contribution < 1.29 is 4.74 Å². The van der Waals surface area contributed by atoms with Gasteiger partial charge in [-0.3, -0.25) is 4.68 Å². The van der Waals surface area contributed by atoms with Crippen molar-refractivity contribution in [3.8, 4) is 0 Å². The van der Waals surface area contributed by atoms with Crippen LogP contribution in [-0.2, 0) is 24.6 Å². The Labute approximate surface area is 147 Å². The molecule has 1 aliphatic heterocycles. The first-order chi connectivity index (χ1) is 12.3. The van der Waals surface area contributed by atoms with E-state index < -0.39 is 0 Å². The molecule has 3 aromatic rings. The average molecular weight is 337 g/mol. The van der Waals surface area contributed by atoms with Gasteiger partial charge in [0.05, 0.1) is 17.7 Å². The zero-order valence-corrected chi connectivity index (χ0v) is 14.5. The fraction of sp³-hybridized carbons (Fsp3) is 0.421. The molecular weight excluding hydrogens is 314 g/mol. The van der Waals surface area contributed by atoms with Crippen molar-refractivity contribution in [2.75, 3.05) is 18.5 Å². The highest BCUT2D eigenvalue weighted by molar-refractivity contribution is 5.86. The third-order valence-corrected chi connectivity index (χ3v) is 4.64. The van der Waals surface area contributed by atoms with Crippen molar-refractivity contribution in [3.63, 3.8) is 0 Å². The first kappa shape index (κ1) is 16.0. The summed E-state index contributed by atoms with van der Waals surface area (Å²) in [7, 11) is 1.92. The minimum absolute atomic E-state index is 0.273. The van der Waals surface area contributed by atoms with Crippen LogP contribution in [0.15, 0.2) is 36.5 Å². The summed E-state index contributed by atoms with van der Waals surface area (Å²) in [6.07, 6.45) is 6.08. The van der Waals surface area contributed by atoms with Crippen LogP contribution in [0, 0.1) is 0 Å². The molecule has 1 saturated heterocycles. The first-order valence-electron chi connectivity index (χ1n) is 8.87. The largest absolute Gasteiger partial charge is 0.376 e. The van der Waals surface area contributed by atoms with Gasteiger partial charge in [0.15, 0.2) is 5.65 Å². The lowest BCUT2D eigenvalue weighted by Crippen LogP contribution is -2.19. The second kappa shape index (κ2) is 7.19. The van der Waals surface area contributed by atoms with Gasteiger partial charge >= 0.3 is 0 Å². The fourth-order valence-electron chi connectivity index (χ4n) is 3.23. The number of nitrogens with zero attached hydrogens (tertiary/aromatic N) is 4. The third-order valence-electron chi connectivity index (χ3n) is 4.64. The number of hydrogen-bond donors (Lipinski definition) is 1. The molecule has 1 unspecified atom stereocenters. The topological polar surface area (TPSA) is 64.9 Å². The van der Waals surface area contributed by atoms with E-state index in [2.05, 4.69) is 34.7 Å². The lowest BCUT2D eigenvalue weighted by molar-refractivity contribution is 0.120. The summed E-state index contributed by atoms with van der Waals surface area (Å²) < 4.78 is 7.51. The molecule has 1 aliphatic rings. The molecule has 25 heavy (non-hydrogen) atoms. The van der Waals surface area contributed by atoms with E-state index in [9.17, 15) is 0 Å². The Morgan fingerprint density at radius 2 is 2.08 bits per heavy atom. The number of aryl methyl sites for hydroxylation is 3. The maximum absolute atomic E-state index is 5.70. The van der Waals surface area contributed by atoms with Crippen LogP contribution in [0.1, 0.15) is 24.2 Å². The number of benzene rings is 1. The van der Waals surface area contributed by atoms with Gasteiger partial charge in [-0.2, -0.15) is 5.10 Å². The van der Waals surface area contributed by atoms with Gasteiger partial charge in [0.1, 0.15) is 11.6 Å². The number of hydrogen-bond acceptors (Lipinski definition) is 5. The Kier molecular flexibility index (Phi) is 4.61. The van der Waals surface area contributed by atoms with E-state index in [1.165, 1.54) is 5.56 Å². The molecule has 130 valence electrons. The number of aromatic nitrogens is 4. The summed E-state index contributed by atoms with van der Waals surface area (Å²) in [6.45, 7) is 1.64. The van der Waals surface area contributed by atoms with Crippen molar-refractivity contribution >= 4 is 16.9 Å². The van der Waals surface area contributed by atoms with Crippen LogP contribution in [0.3, 0.4) is 0 Å². The van der Waals surface area contributed by atoms with E-state index in [0.717, 1.165) is 61.5 Å². The van der Waals surface area contributed by atoms with E-state index in [-0.39, 0.29) is 6.10 Å². The van der Waals surface area contributed by atoms with E-state index in [1.807, 2.05) is 19.3 Å². The summed E-state index contributed by atoms with van der Waals surface area (Å²) in [4.78, 5) is 9.47. The van der Waals surface area contributed by atoms with Gasteiger partial charge in [-0.25, -0.2) is 9.97 Å². The molecule has 1 aromatic carbocycles. The van der Waals surface area contributed by atoms with E-state index in [1.54, 1.807) is 4.68 Å². The second-order valence-corrected chi connectivity index (χ2v) is 6.50. The lowest BCUT2D eigenvalue weighted by atomic mass is 10.1. The van der Waals surface area contributed by atoms with Gasteiger partial charge in [0, 0.05) is 26.6 Å². The highest BCUT2D eigenvalue weighted by atomic mass is 16.5. The van der Waals surface area contributed by atoms with Gasteiger partial charge in [0.2, 0.25) is 0 Å². The Morgan fingerprint density at radius 3 is 2.88 bits per heavy atom. The summed E-state index contributed by atoms with van der Waals surface area (Å²) in [5.74, 6) is 1.70. The molecular formula is C19H23N5O. The zero-order chi connectivity index (χ0) is 17.1. The lowest BCUT2D eigenvalue weighted by Gasteiger charge is -2.13. The number of nitrogens with one attached hydrogen (secondary N) is 1. The number of anilines is 1. The Morgan fingerprint density at radius 1 is 1.20 bits per heavy atom. The molecule has 0 radical (unpaired) electrons. The molecule has 0 aliphatic carbocycles. The molecule has 3 heterocycles. The highest BCUT2D eigenvalue weighted by Crippen LogP contribution is 2.21. The standard InChI is InChI=1S/C19H23N5O/c1-24-19-16(13-21-24)18(20-12-15-8-5-11-25-15)22-17(23-19)10-9-14-6-3-2-4-7-14/h2-4,6-7,13,15H,5,8-12H2,1H3,(H,20,22,23). The predicted octanol–water partition coefficient (Wildman–Crippen LogP) is 2.74. The summed E-state index contributed by atoms with van der Waals surface area (Å²) >= 11 is 0. The normalized spacial score (nSPS) is 17.2. The van der Waals surface area contributed by atoms with Crippen LogP contribution in [-0.4, -0.2) is 39.0 Å². The smallest absolute Gasteiger partial charge is 0.163 e. The van der Waals surface area contributed by atoms with Crippen LogP contribution in [0.5, 0.6) is 0 Å². The van der Waals surface area contributed by atoms with Gasteiger partial charge in [-0.1, -0.05) is 30.3 Å². The van der Waals surface area contributed by atoms with E-state index in [0.29, 0.717) is 0 Å². The molecule has 0 saturated carbocycles. The minimum atomic E-state index is 0.273. The highest BCUT2D eigenvalue weighted by Gasteiger charge is 2.17. The average Bonchev–Trinajstić information content (AvgIpc) is 3.29. The van der Waals surface area contributed by atoms with Gasteiger partial charge in [-0.15, -0.1) is 0 Å². The minimum Gasteiger partial charge on any atom is -0.376 e. The molecule has 1 N–H and O–H groups in total. The predicted molar refractivity (Wildman–Crippen MR) is 97.6 cm³/mol. The summed E-state index contributed by atoms with van der Waals surface area (Å²) in [6, 6.07) is 10.4. The quantitative estimate of drug-likeness (QED) is 0.749. The number of ether oxygens (including phenoxy) is 1. The SMILES string of the molecule is Cn1ncc2c(NCC3CCCO3)nc(CCc3ccccc3)nc21. The molecule has 2 aromatic heterocycles. The Hall–Kier alpha value is -2.47. The Balaban J connectivity index is 1.55. The molecule has 4 rings (SSSR count). The van der Waals surface area contributed by atoms with Crippen LogP contribution in [0.2, 0.25) is 0 Å². The Bertz CT molecular complexity index is 840. The van der Waals surface area contributed by atoms with Gasteiger partial charge < -0.3 is 10.1 Å². The fourth-order valence-corrected chi connectivity index (χ4v) is 3.23. The second-order valence-electron chi connectivity index (χ2n) is 6.50. The van der Waals surface area contributed by atoms with Gasteiger partial charge in [-0.05, 0) is 24.8 Å². The number of fused-ring (bicyclic) bond motifs is 1.